The van der Waals surface area contributed by atoms with Crippen molar-refractivity contribution >= 4 is 28.6 Å². The van der Waals surface area contributed by atoms with E-state index in [0.717, 1.165) is 29.0 Å². The minimum Gasteiger partial charge on any atom is -0.330 e. The van der Waals surface area contributed by atoms with E-state index >= 15 is 0 Å². The Balaban J connectivity index is 1.70. The van der Waals surface area contributed by atoms with Crippen LogP contribution in [-0.4, -0.2) is 21.9 Å². The van der Waals surface area contributed by atoms with Gasteiger partial charge in [-0.2, -0.15) is 0 Å². The summed E-state index contributed by atoms with van der Waals surface area (Å²) in [5, 5.41) is 3.90. The predicted octanol–water partition coefficient (Wildman–Crippen LogP) is 3.45. The van der Waals surface area contributed by atoms with Crippen molar-refractivity contribution in [2.75, 3.05) is 6.54 Å². The minimum atomic E-state index is -0.0738. The smallest absolute Gasteiger partial charge is 0.307 e. The zero-order valence-electron chi connectivity index (χ0n) is 13.8. The van der Waals surface area contributed by atoms with Crippen LogP contribution >= 0.6 is 22.7 Å². The first-order valence-corrected chi connectivity index (χ1v) is 9.96. The molecule has 1 unspecified atom stereocenters. The number of thiazole rings is 1. The average Bonchev–Trinajstić information content (AvgIpc) is 3.23. The Hall–Kier alpha value is -2.18. The first-order valence-electron chi connectivity index (χ1n) is 8.21. The van der Waals surface area contributed by atoms with Crippen LogP contribution in [-0.2, 0) is 17.8 Å². The highest BCUT2D eigenvalue weighted by Crippen LogP contribution is 2.37. The molecule has 1 atom stereocenters. The molecule has 0 saturated heterocycles. The fourth-order valence-electron chi connectivity index (χ4n) is 3.40. The third-order valence-corrected chi connectivity index (χ3v) is 6.55. The van der Waals surface area contributed by atoms with Crippen molar-refractivity contribution in [3.63, 3.8) is 0 Å². The second-order valence-electron chi connectivity index (χ2n) is 6.18. The fourth-order valence-corrected chi connectivity index (χ4v) is 5.04. The molecule has 6 heteroatoms. The molecule has 4 rings (SSSR count). The summed E-state index contributed by atoms with van der Waals surface area (Å²) in [4.78, 5) is 28.2. The van der Waals surface area contributed by atoms with Gasteiger partial charge in [0.25, 0.3) is 0 Å². The van der Waals surface area contributed by atoms with Crippen molar-refractivity contribution in [2.45, 2.75) is 25.9 Å². The van der Waals surface area contributed by atoms with E-state index in [1.165, 1.54) is 10.4 Å². The second-order valence-corrected chi connectivity index (χ2v) is 8.00. The lowest BCUT2D eigenvalue weighted by atomic mass is 9.93. The van der Waals surface area contributed by atoms with Gasteiger partial charge >= 0.3 is 4.87 Å². The quantitative estimate of drug-likeness (QED) is 0.709. The molecule has 25 heavy (non-hydrogen) atoms. The molecule has 1 amide bonds. The Morgan fingerprint density at radius 2 is 2.00 bits per heavy atom. The molecular weight excluding hydrogens is 352 g/mol. The number of hydrogen-bond donors (Lipinski definition) is 0. The van der Waals surface area contributed by atoms with Gasteiger partial charge in [-0.3, -0.25) is 14.2 Å². The van der Waals surface area contributed by atoms with Crippen LogP contribution in [0.3, 0.4) is 0 Å². The van der Waals surface area contributed by atoms with Crippen LogP contribution in [0.25, 0.3) is 0 Å². The van der Waals surface area contributed by atoms with E-state index in [0.29, 0.717) is 6.54 Å². The number of nitrogens with zero attached hydrogens (tertiary/aromatic N) is 2. The molecule has 0 radical (unpaired) electrons. The molecule has 128 valence electrons. The first-order chi connectivity index (χ1) is 12.1. The lowest BCUT2D eigenvalue weighted by molar-refractivity contribution is -0.134. The molecule has 0 aliphatic carbocycles. The summed E-state index contributed by atoms with van der Waals surface area (Å²) in [7, 11) is 0. The molecule has 1 aliphatic rings. The third-order valence-electron chi connectivity index (χ3n) is 4.67. The van der Waals surface area contributed by atoms with Crippen LogP contribution in [0, 0.1) is 6.92 Å². The number of fused-ring (bicyclic) bond motifs is 1. The summed E-state index contributed by atoms with van der Waals surface area (Å²) in [5.74, 6) is -0.00527. The number of aromatic nitrogens is 1. The monoisotopic (exact) mass is 370 g/mol. The molecule has 0 saturated carbocycles. The topological polar surface area (TPSA) is 42.3 Å². The van der Waals surface area contributed by atoms with Gasteiger partial charge in [-0.05, 0) is 35.9 Å². The molecular formula is C19H18N2O2S2. The summed E-state index contributed by atoms with van der Waals surface area (Å²) < 4.78 is 1.57. The lowest BCUT2D eigenvalue weighted by Crippen LogP contribution is -2.42. The van der Waals surface area contributed by atoms with Gasteiger partial charge in [0, 0.05) is 22.5 Å². The number of carbonyl (C=O) groups is 1. The van der Waals surface area contributed by atoms with Crippen LogP contribution in [0.4, 0.5) is 0 Å². The number of thiophene rings is 1. The van der Waals surface area contributed by atoms with Crippen molar-refractivity contribution in [2.24, 2.45) is 0 Å². The summed E-state index contributed by atoms with van der Waals surface area (Å²) in [6.45, 7) is 2.66. The number of aryl methyl sites for hydroxylation is 1. The van der Waals surface area contributed by atoms with Crippen molar-refractivity contribution in [1.29, 1.82) is 0 Å². The fraction of sp³-hybridized carbons (Fsp3) is 0.263. The number of hydrogen-bond acceptors (Lipinski definition) is 4. The Kier molecular flexibility index (Phi) is 4.31. The molecule has 0 N–H and O–H groups in total. The van der Waals surface area contributed by atoms with Gasteiger partial charge in [-0.15, -0.1) is 11.3 Å². The normalized spacial score (nSPS) is 16.7. The maximum atomic E-state index is 13.1. The zero-order chi connectivity index (χ0) is 17.4. The van der Waals surface area contributed by atoms with Crippen molar-refractivity contribution < 1.29 is 4.79 Å². The summed E-state index contributed by atoms with van der Waals surface area (Å²) in [6.07, 6.45) is 0.875. The molecule has 0 fully saturated rings. The largest absolute Gasteiger partial charge is 0.330 e. The molecule has 4 nitrogen and oxygen atoms in total. The Labute approximate surface area is 154 Å². The first kappa shape index (κ1) is 16.3. The maximum Gasteiger partial charge on any atom is 0.307 e. The average molecular weight is 370 g/mol. The van der Waals surface area contributed by atoms with E-state index in [9.17, 15) is 9.59 Å². The SMILES string of the molecule is Cc1csc(=O)n1CC(=O)N1CCc2sccc2C1c1ccccc1. The van der Waals surface area contributed by atoms with E-state index in [1.807, 2.05) is 30.0 Å². The Bertz CT molecular complexity index is 955. The molecule has 1 aromatic carbocycles. The van der Waals surface area contributed by atoms with Crippen LogP contribution in [0.15, 0.2) is 52.0 Å². The predicted molar refractivity (Wildman–Crippen MR) is 101 cm³/mol. The molecule has 0 bridgehead atoms. The van der Waals surface area contributed by atoms with Gasteiger partial charge in [0.05, 0.1) is 6.04 Å². The summed E-state index contributed by atoms with van der Waals surface area (Å²) in [6, 6.07) is 12.2. The number of benzene rings is 1. The van der Waals surface area contributed by atoms with Gasteiger partial charge < -0.3 is 4.90 Å². The zero-order valence-corrected chi connectivity index (χ0v) is 15.5. The molecule has 1 aliphatic heterocycles. The minimum absolute atomic E-state index is 0.00527. The van der Waals surface area contributed by atoms with E-state index in [2.05, 4.69) is 23.6 Å². The van der Waals surface area contributed by atoms with E-state index in [1.54, 1.807) is 21.3 Å². The highest BCUT2D eigenvalue weighted by molar-refractivity contribution is 7.10. The highest BCUT2D eigenvalue weighted by atomic mass is 32.1. The lowest BCUT2D eigenvalue weighted by Gasteiger charge is -2.36. The van der Waals surface area contributed by atoms with E-state index in [4.69, 9.17) is 0 Å². The van der Waals surface area contributed by atoms with Crippen LogP contribution in [0.2, 0.25) is 0 Å². The number of rotatable bonds is 3. The van der Waals surface area contributed by atoms with Crippen LogP contribution < -0.4 is 4.87 Å². The maximum absolute atomic E-state index is 13.1. The molecule has 3 aromatic rings. The Morgan fingerprint density at radius 3 is 2.72 bits per heavy atom. The second kappa shape index (κ2) is 6.61. The van der Waals surface area contributed by atoms with E-state index < -0.39 is 0 Å². The number of amides is 1. The summed E-state index contributed by atoms with van der Waals surface area (Å²) in [5.41, 5.74) is 3.17. The molecule has 2 aromatic heterocycles. The van der Waals surface area contributed by atoms with Crippen LogP contribution in [0.1, 0.15) is 27.7 Å². The highest BCUT2D eigenvalue weighted by Gasteiger charge is 2.32. The van der Waals surface area contributed by atoms with Gasteiger partial charge in [0.15, 0.2) is 0 Å². The van der Waals surface area contributed by atoms with E-state index in [-0.39, 0.29) is 23.4 Å². The van der Waals surface area contributed by atoms with Crippen molar-refractivity contribution in [3.8, 4) is 0 Å². The van der Waals surface area contributed by atoms with Gasteiger partial charge in [-0.1, -0.05) is 41.7 Å². The number of carbonyl (C=O) groups excluding carboxylic acids is 1. The van der Waals surface area contributed by atoms with Crippen molar-refractivity contribution in [3.05, 3.63) is 78.5 Å². The van der Waals surface area contributed by atoms with Crippen molar-refractivity contribution in [1.82, 2.24) is 9.47 Å². The summed E-state index contributed by atoms with van der Waals surface area (Å²) >= 11 is 2.90. The van der Waals surface area contributed by atoms with Gasteiger partial charge in [0.1, 0.15) is 6.54 Å². The third kappa shape index (κ3) is 2.96. The van der Waals surface area contributed by atoms with Gasteiger partial charge in [-0.25, -0.2) is 0 Å². The molecule has 0 spiro atoms. The van der Waals surface area contributed by atoms with Crippen LogP contribution in [0.5, 0.6) is 0 Å². The van der Waals surface area contributed by atoms with Gasteiger partial charge in [0.2, 0.25) is 5.91 Å². The Morgan fingerprint density at radius 1 is 1.20 bits per heavy atom. The molecule has 3 heterocycles. The standard InChI is InChI=1S/C19H18N2O2S2/c1-13-12-25-19(23)21(13)11-17(22)20-9-7-16-15(8-10-24-16)18(20)14-5-3-2-4-6-14/h2-6,8,10,12,18H,7,9,11H2,1H3.